The minimum atomic E-state index is 0.617. The molecule has 0 saturated heterocycles. The molecule has 1 heterocycles. The molecule has 3 nitrogen and oxygen atoms in total. The van der Waals surface area contributed by atoms with Crippen LogP contribution >= 0.6 is 0 Å². The first-order chi connectivity index (χ1) is 7.90. The van der Waals surface area contributed by atoms with Crippen LogP contribution in [0.5, 0.6) is 0 Å². The highest BCUT2D eigenvalue weighted by Gasteiger charge is 1.99. The summed E-state index contributed by atoms with van der Waals surface area (Å²) in [5.41, 5.74) is 2.45. The topological polar surface area (TPSA) is 42.0 Å². The summed E-state index contributed by atoms with van der Waals surface area (Å²) in [4.78, 5) is 15.0. The van der Waals surface area contributed by atoms with Crippen LogP contribution in [0.4, 0.5) is 5.69 Å². The van der Waals surface area contributed by atoms with Gasteiger partial charge in [0.05, 0.1) is 12.2 Å². The van der Waals surface area contributed by atoms with Crippen LogP contribution in [-0.4, -0.2) is 11.3 Å². The summed E-state index contributed by atoms with van der Waals surface area (Å²) in [6.07, 6.45) is 2.60. The van der Waals surface area contributed by atoms with Gasteiger partial charge in [0.2, 0.25) is 0 Å². The molecule has 3 heteroatoms. The summed E-state index contributed by atoms with van der Waals surface area (Å²) in [5, 5.41) is 3.19. The number of hydrogen-bond acceptors (Lipinski definition) is 3. The van der Waals surface area contributed by atoms with Crippen molar-refractivity contribution in [1.82, 2.24) is 4.98 Å². The first-order valence-electron chi connectivity index (χ1n) is 5.08. The van der Waals surface area contributed by atoms with E-state index >= 15 is 0 Å². The molecular weight excluding hydrogens is 200 g/mol. The second-order valence-electron chi connectivity index (χ2n) is 3.38. The molecule has 2 aromatic rings. The van der Waals surface area contributed by atoms with Crippen molar-refractivity contribution in [3.8, 4) is 0 Å². The molecule has 2 rings (SSSR count). The van der Waals surface area contributed by atoms with Crippen molar-refractivity contribution < 1.29 is 4.79 Å². The summed E-state index contributed by atoms with van der Waals surface area (Å²) in [5.74, 6) is 0. The zero-order valence-corrected chi connectivity index (χ0v) is 8.76. The first-order valence-corrected chi connectivity index (χ1v) is 5.08. The van der Waals surface area contributed by atoms with E-state index in [2.05, 4.69) is 10.3 Å². The van der Waals surface area contributed by atoms with Gasteiger partial charge in [-0.05, 0) is 24.3 Å². The maximum Gasteiger partial charge on any atom is 0.152 e. The number of aromatic nitrogens is 1. The van der Waals surface area contributed by atoms with E-state index in [1.165, 1.54) is 0 Å². The number of nitrogens with zero attached hydrogens (tertiary/aromatic N) is 1. The van der Waals surface area contributed by atoms with E-state index in [1.54, 1.807) is 12.3 Å². The van der Waals surface area contributed by atoms with E-state index < -0.39 is 0 Å². The minimum Gasteiger partial charge on any atom is -0.379 e. The number of para-hydroxylation sites is 1. The van der Waals surface area contributed by atoms with E-state index in [4.69, 9.17) is 0 Å². The standard InChI is InChI=1S/C13H12N2O/c16-10-11-5-1-2-7-13(11)15-9-12-6-3-4-8-14-12/h1-8,10,15H,9H2. The predicted octanol–water partition coefficient (Wildman–Crippen LogP) is 2.51. The fraction of sp³-hybridized carbons (Fsp3) is 0.0769. The van der Waals surface area contributed by atoms with Gasteiger partial charge < -0.3 is 5.32 Å². The Balaban J connectivity index is 2.08. The summed E-state index contributed by atoms with van der Waals surface area (Å²) in [6, 6.07) is 13.2. The third-order valence-corrected chi connectivity index (χ3v) is 2.27. The van der Waals surface area contributed by atoms with Gasteiger partial charge in [-0.1, -0.05) is 18.2 Å². The molecule has 0 unspecified atom stereocenters. The number of hydrogen-bond donors (Lipinski definition) is 1. The molecule has 0 fully saturated rings. The van der Waals surface area contributed by atoms with Crippen LogP contribution in [-0.2, 0) is 6.54 Å². The van der Waals surface area contributed by atoms with Gasteiger partial charge in [0.1, 0.15) is 0 Å². The molecule has 0 aliphatic carbocycles. The predicted molar refractivity (Wildman–Crippen MR) is 63.4 cm³/mol. The molecule has 0 amide bonds. The highest BCUT2D eigenvalue weighted by Crippen LogP contribution is 2.13. The van der Waals surface area contributed by atoms with E-state index in [-0.39, 0.29) is 0 Å². The molecule has 0 aliphatic heterocycles. The van der Waals surface area contributed by atoms with E-state index in [0.29, 0.717) is 12.1 Å². The highest BCUT2D eigenvalue weighted by molar-refractivity contribution is 5.83. The second-order valence-corrected chi connectivity index (χ2v) is 3.38. The molecule has 0 radical (unpaired) electrons. The van der Waals surface area contributed by atoms with E-state index in [0.717, 1.165) is 17.7 Å². The summed E-state index contributed by atoms with van der Waals surface area (Å²) in [6.45, 7) is 0.617. The fourth-order valence-corrected chi connectivity index (χ4v) is 1.45. The lowest BCUT2D eigenvalue weighted by molar-refractivity contribution is 0.112. The van der Waals surface area contributed by atoms with Crippen molar-refractivity contribution in [3.63, 3.8) is 0 Å². The van der Waals surface area contributed by atoms with Crippen molar-refractivity contribution in [1.29, 1.82) is 0 Å². The SMILES string of the molecule is O=Cc1ccccc1NCc1ccccn1. The Kier molecular flexibility index (Phi) is 3.28. The minimum absolute atomic E-state index is 0.617. The van der Waals surface area contributed by atoms with Gasteiger partial charge in [-0.2, -0.15) is 0 Å². The average Bonchev–Trinajstić information content (AvgIpc) is 2.38. The quantitative estimate of drug-likeness (QED) is 0.792. The van der Waals surface area contributed by atoms with Crippen molar-refractivity contribution >= 4 is 12.0 Å². The maximum absolute atomic E-state index is 10.8. The van der Waals surface area contributed by atoms with Crippen LogP contribution in [0, 0.1) is 0 Å². The fourth-order valence-electron chi connectivity index (χ4n) is 1.45. The van der Waals surface area contributed by atoms with Crippen LogP contribution in [0.3, 0.4) is 0 Å². The lowest BCUT2D eigenvalue weighted by atomic mass is 10.2. The number of anilines is 1. The number of nitrogens with one attached hydrogen (secondary N) is 1. The Bertz CT molecular complexity index is 468. The zero-order chi connectivity index (χ0) is 11.2. The average molecular weight is 212 g/mol. The van der Waals surface area contributed by atoms with E-state index in [9.17, 15) is 4.79 Å². The summed E-state index contributed by atoms with van der Waals surface area (Å²) in [7, 11) is 0. The Morgan fingerprint density at radius 2 is 1.94 bits per heavy atom. The van der Waals surface area contributed by atoms with Crippen molar-refractivity contribution in [3.05, 3.63) is 59.9 Å². The van der Waals surface area contributed by atoms with Crippen molar-refractivity contribution in [2.45, 2.75) is 6.54 Å². The van der Waals surface area contributed by atoms with Crippen LogP contribution in [0.25, 0.3) is 0 Å². The molecule has 1 aromatic carbocycles. The van der Waals surface area contributed by atoms with Crippen molar-refractivity contribution in [2.75, 3.05) is 5.32 Å². The number of pyridine rings is 1. The Hall–Kier alpha value is -2.16. The Morgan fingerprint density at radius 1 is 1.12 bits per heavy atom. The number of carbonyl (C=O) groups excluding carboxylic acids is 1. The van der Waals surface area contributed by atoms with Crippen LogP contribution in [0.15, 0.2) is 48.7 Å². The molecular formula is C13H12N2O. The zero-order valence-electron chi connectivity index (χ0n) is 8.76. The third kappa shape index (κ3) is 2.45. The molecule has 0 saturated carbocycles. The Labute approximate surface area is 94.1 Å². The number of carbonyl (C=O) groups is 1. The van der Waals surface area contributed by atoms with Gasteiger partial charge in [-0.15, -0.1) is 0 Å². The van der Waals surface area contributed by atoms with Gasteiger partial charge in [-0.3, -0.25) is 9.78 Å². The largest absolute Gasteiger partial charge is 0.379 e. The number of rotatable bonds is 4. The van der Waals surface area contributed by atoms with Gasteiger partial charge >= 0.3 is 0 Å². The van der Waals surface area contributed by atoms with Crippen LogP contribution < -0.4 is 5.32 Å². The molecule has 0 spiro atoms. The number of aldehydes is 1. The number of benzene rings is 1. The molecule has 1 aromatic heterocycles. The molecule has 0 atom stereocenters. The summed E-state index contributed by atoms with van der Waals surface area (Å²) < 4.78 is 0. The maximum atomic E-state index is 10.8. The molecule has 1 N–H and O–H groups in total. The lowest BCUT2D eigenvalue weighted by Gasteiger charge is -2.07. The third-order valence-electron chi connectivity index (χ3n) is 2.27. The summed E-state index contributed by atoms with van der Waals surface area (Å²) >= 11 is 0. The van der Waals surface area contributed by atoms with Crippen molar-refractivity contribution in [2.24, 2.45) is 0 Å². The smallest absolute Gasteiger partial charge is 0.152 e. The van der Waals surface area contributed by atoms with Gasteiger partial charge in [0, 0.05) is 17.4 Å². The Morgan fingerprint density at radius 3 is 2.69 bits per heavy atom. The van der Waals surface area contributed by atoms with Crippen LogP contribution in [0.2, 0.25) is 0 Å². The first kappa shape index (κ1) is 10.4. The normalized spacial score (nSPS) is 9.75. The monoisotopic (exact) mass is 212 g/mol. The molecule has 80 valence electrons. The van der Waals surface area contributed by atoms with Gasteiger partial charge in [-0.25, -0.2) is 0 Å². The second kappa shape index (κ2) is 5.07. The van der Waals surface area contributed by atoms with E-state index in [1.807, 2.05) is 36.4 Å². The van der Waals surface area contributed by atoms with Gasteiger partial charge in [0.25, 0.3) is 0 Å². The molecule has 0 aliphatic rings. The van der Waals surface area contributed by atoms with Gasteiger partial charge in [0.15, 0.2) is 6.29 Å². The highest BCUT2D eigenvalue weighted by atomic mass is 16.1. The lowest BCUT2D eigenvalue weighted by Crippen LogP contribution is -2.03. The molecule has 16 heavy (non-hydrogen) atoms. The van der Waals surface area contributed by atoms with Crippen LogP contribution in [0.1, 0.15) is 16.1 Å². The molecule has 0 bridgehead atoms.